The molecule has 0 spiro atoms. The molecule has 1 aliphatic rings. The lowest BCUT2D eigenvalue weighted by Gasteiger charge is -2.34. The highest BCUT2D eigenvalue weighted by atomic mass is 32.1. The number of hydrogen-bond acceptors (Lipinski definition) is 6. The highest BCUT2D eigenvalue weighted by molar-refractivity contribution is 7.13. The minimum atomic E-state index is 0.167. The molecular weight excluding hydrogens is 308 g/mol. The van der Waals surface area contributed by atoms with Crippen LogP contribution >= 0.6 is 11.3 Å². The molecule has 0 fully saturated rings. The molecule has 3 heterocycles. The van der Waals surface area contributed by atoms with Gasteiger partial charge in [-0.25, -0.2) is 15.0 Å². The molecule has 5 nitrogen and oxygen atoms in total. The summed E-state index contributed by atoms with van der Waals surface area (Å²) >= 11 is 1.58. The van der Waals surface area contributed by atoms with Crippen molar-refractivity contribution >= 4 is 17.0 Å². The summed E-state index contributed by atoms with van der Waals surface area (Å²) in [6, 6.07) is 9.96. The molecular formula is C17H16N4OS. The average molecular weight is 324 g/mol. The van der Waals surface area contributed by atoms with Crippen molar-refractivity contribution in [3.05, 3.63) is 53.8 Å². The van der Waals surface area contributed by atoms with E-state index in [1.165, 1.54) is 0 Å². The third kappa shape index (κ3) is 2.90. The van der Waals surface area contributed by atoms with E-state index in [1.807, 2.05) is 24.3 Å². The summed E-state index contributed by atoms with van der Waals surface area (Å²) in [6.45, 7) is 3.70. The van der Waals surface area contributed by atoms with E-state index in [-0.39, 0.29) is 6.10 Å². The van der Waals surface area contributed by atoms with Crippen molar-refractivity contribution in [1.29, 1.82) is 0 Å². The minimum Gasteiger partial charge on any atom is -0.487 e. The summed E-state index contributed by atoms with van der Waals surface area (Å²) < 4.78 is 5.89. The van der Waals surface area contributed by atoms with Crippen LogP contribution in [0.25, 0.3) is 10.8 Å². The van der Waals surface area contributed by atoms with Crippen LogP contribution < -0.4 is 9.64 Å². The van der Waals surface area contributed by atoms with Gasteiger partial charge in [0, 0.05) is 17.8 Å². The van der Waals surface area contributed by atoms with E-state index in [1.54, 1.807) is 23.7 Å². The largest absolute Gasteiger partial charge is 0.487 e. The minimum absolute atomic E-state index is 0.167. The third-order valence-electron chi connectivity index (χ3n) is 3.67. The van der Waals surface area contributed by atoms with Crippen LogP contribution in [0.2, 0.25) is 0 Å². The molecule has 0 amide bonds. The van der Waals surface area contributed by atoms with Gasteiger partial charge in [-0.1, -0.05) is 12.1 Å². The molecule has 0 unspecified atom stereocenters. The lowest BCUT2D eigenvalue weighted by atomic mass is 10.2. The van der Waals surface area contributed by atoms with Crippen LogP contribution in [0.4, 0.5) is 5.69 Å². The zero-order valence-corrected chi connectivity index (χ0v) is 13.5. The van der Waals surface area contributed by atoms with Crippen molar-refractivity contribution in [3.8, 4) is 16.6 Å². The molecule has 0 N–H and O–H groups in total. The summed E-state index contributed by atoms with van der Waals surface area (Å²) in [5, 5.41) is 2.93. The molecule has 0 saturated carbocycles. The number of ether oxygens (including phenoxy) is 1. The van der Waals surface area contributed by atoms with Crippen molar-refractivity contribution in [2.75, 3.05) is 11.4 Å². The molecule has 23 heavy (non-hydrogen) atoms. The second-order valence-electron chi connectivity index (χ2n) is 5.49. The van der Waals surface area contributed by atoms with Crippen LogP contribution in [-0.2, 0) is 6.54 Å². The van der Waals surface area contributed by atoms with Crippen molar-refractivity contribution in [2.45, 2.75) is 19.6 Å². The van der Waals surface area contributed by atoms with Crippen LogP contribution in [-0.4, -0.2) is 27.6 Å². The fraction of sp³-hybridized carbons (Fsp3) is 0.235. The second-order valence-corrected chi connectivity index (χ2v) is 6.35. The molecule has 2 aromatic heterocycles. The lowest BCUT2D eigenvalue weighted by Crippen LogP contribution is -2.37. The zero-order valence-electron chi connectivity index (χ0n) is 12.7. The van der Waals surface area contributed by atoms with Crippen molar-refractivity contribution in [2.24, 2.45) is 0 Å². The Balaban J connectivity index is 1.58. The van der Waals surface area contributed by atoms with Gasteiger partial charge in [0.25, 0.3) is 0 Å². The second kappa shape index (κ2) is 5.96. The third-order valence-corrected chi connectivity index (χ3v) is 4.56. The molecule has 1 aromatic carbocycles. The molecule has 1 atom stereocenters. The predicted octanol–water partition coefficient (Wildman–Crippen LogP) is 3.39. The quantitative estimate of drug-likeness (QED) is 0.739. The van der Waals surface area contributed by atoms with E-state index in [0.717, 1.165) is 35.2 Å². The first-order valence-electron chi connectivity index (χ1n) is 7.52. The van der Waals surface area contributed by atoms with Gasteiger partial charge in [0.2, 0.25) is 0 Å². The Morgan fingerprint density at radius 1 is 1.22 bits per heavy atom. The fourth-order valence-corrected chi connectivity index (χ4v) is 3.47. The van der Waals surface area contributed by atoms with E-state index in [4.69, 9.17) is 4.74 Å². The van der Waals surface area contributed by atoms with E-state index >= 15 is 0 Å². The number of thiazole rings is 1. The Labute approximate surface area is 138 Å². The number of fused-ring (bicyclic) bond motifs is 1. The summed E-state index contributed by atoms with van der Waals surface area (Å²) in [4.78, 5) is 15.5. The summed E-state index contributed by atoms with van der Waals surface area (Å²) in [6.07, 6.45) is 3.65. The number of para-hydroxylation sites is 2. The number of aromatic nitrogens is 3. The number of benzene rings is 1. The first-order valence-corrected chi connectivity index (χ1v) is 8.40. The normalized spacial score (nSPS) is 16.7. The van der Waals surface area contributed by atoms with Crippen LogP contribution in [0.15, 0.2) is 48.1 Å². The van der Waals surface area contributed by atoms with E-state index in [2.05, 4.69) is 38.2 Å². The number of nitrogens with zero attached hydrogens (tertiary/aromatic N) is 4. The van der Waals surface area contributed by atoms with Crippen molar-refractivity contribution in [1.82, 2.24) is 15.0 Å². The van der Waals surface area contributed by atoms with E-state index in [0.29, 0.717) is 5.82 Å². The SMILES string of the molecule is C[C@H]1CN(Cc2csc(-c3ncccn3)n2)c2ccccc2O1. The Kier molecular flexibility index (Phi) is 3.67. The molecule has 0 radical (unpaired) electrons. The van der Waals surface area contributed by atoms with Crippen LogP contribution in [0.5, 0.6) is 5.75 Å². The maximum absolute atomic E-state index is 5.89. The van der Waals surface area contributed by atoms with Gasteiger partial charge in [0.15, 0.2) is 10.8 Å². The topological polar surface area (TPSA) is 51.1 Å². The van der Waals surface area contributed by atoms with Gasteiger partial charge in [-0.15, -0.1) is 11.3 Å². The van der Waals surface area contributed by atoms with Gasteiger partial charge in [0.1, 0.15) is 11.9 Å². The maximum Gasteiger partial charge on any atom is 0.188 e. The monoisotopic (exact) mass is 324 g/mol. The summed E-state index contributed by atoms with van der Waals surface area (Å²) in [7, 11) is 0. The number of anilines is 1. The van der Waals surface area contributed by atoms with Crippen LogP contribution in [0.3, 0.4) is 0 Å². The van der Waals surface area contributed by atoms with Crippen LogP contribution in [0, 0.1) is 0 Å². The molecule has 6 heteroatoms. The van der Waals surface area contributed by atoms with Gasteiger partial charge in [-0.05, 0) is 25.1 Å². The Morgan fingerprint density at radius 3 is 2.91 bits per heavy atom. The highest BCUT2D eigenvalue weighted by Gasteiger charge is 2.23. The summed E-state index contributed by atoms with van der Waals surface area (Å²) in [5.41, 5.74) is 2.15. The number of rotatable bonds is 3. The molecule has 0 aliphatic carbocycles. The molecule has 116 valence electrons. The molecule has 0 bridgehead atoms. The van der Waals surface area contributed by atoms with Crippen molar-refractivity contribution in [3.63, 3.8) is 0 Å². The Bertz CT molecular complexity index is 805. The van der Waals surface area contributed by atoms with Crippen LogP contribution in [0.1, 0.15) is 12.6 Å². The van der Waals surface area contributed by atoms with E-state index in [9.17, 15) is 0 Å². The Hall–Kier alpha value is -2.47. The van der Waals surface area contributed by atoms with Gasteiger partial charge in [-0.3, -0.25) is 0 Å². The average Bonchev–Trinajstić information content (AvgIpc) is 3.04. The number of hydrogen-bond donors (Lipinski definition) is 0. The van der Waals surface area contributed by atoms with Gasteiger partial charge in [-0.2, -0.15) is 0 Å². The zero-order chi connectivity index (χ0) is 15.6. The first-order chi connectivity index (χ1) is 11.3. The van der Waals surface area contributed by atoms with Crippen molar-refractivity contribution < 1.29 is 4.74 Å². The molecule has 1 aliphatic heterocycles. The lowest BCUT2D eigenvalue weighted by molar-refractivity contribution is 0.212. The van der Waals surface area contributed by atoms with E-state index < -0.39 is 0 Å². The summed E-state index contributed by atoms with van der Waals surface area (Å²) in [5.74, 6) is 1.62. The first kappa shape index (κ1) is 14.1. The smallest absolute Gasteiger partial charge is 0.188 e. The Morgan fingerprint density at radius 2 is 2.04 bits per heavy atom. The highest BCUT2D eigenvalue weighted by Crippen LogP contribution is 2.34. The predicted molar refractivity (Wildman–Crippen MR) is 90.7 cm³/mol. The fourth-order valence-electron chi connectivity index (χ4n) is 2.72. The molecule has 3 aromatic rings. The van der Waals surface area contributed by atoms with Gasteiger partial charge >= 0.3 is 0 Å². The standard InChI is InChI=1S/C17H16N4OS/c1-12-9-21(14-5-2-3-6-15(14)22-12)10-13-11-23-17(20-13)16-18-7-4-8-19-16/h2-8,11-12H,9-10H2,1H3/t12-/m0/s1. The maximum atomic E-state index is 5.89. The molecule has 0 saturated heterocycles. The molecule has 4 rings (SSSR count). The van der Waals surface area contributed by atoms with Gasteiger partial charge < -0.3 is 9.64 Å². The van der Waals surface area contributed by atoms with Gasteiger partial charge in [0.05, 0.1) is 24.5 Å².